The van der Waals surface area contributed by atoms with E-state index in [9.17, 15) is 4.79 Å². The number of hydrogen-bond donors (Lipinski definition) is 2. The molecule has 1 saturated carbocycles. The second kappa shape index (κ2) is 7.22. The molecular formula is C15H28N2OS. The smallest absolute Gasteiger partial charge is 0.223 e. The zero-order chi connectivity index (χ0) is 14.5. The molecule has 1 fully saturated rings. The van der Waals surface area contributed by atoms with Crippen molar-refractivity contribution in [3.05, 3.63) is 0 Å². The third kappa shape index (κ3) is 5.89. The van der Waals surface area contributed by atoms with E-state index in [0.29, 0.717) is 23.4 Å². The summed E-state index contributed by atoms with van der Waals surface area (Å²) in [4.78, 5) is 12.6. The van der Waals surface area contributed by atoms with Gasteiger partial charge in [-0.15, -0.1) is 0 Å². The Labute approximate surface area is 122 Å². The van der Waals surface area contributed by atoms with E-state index in [1.165, 1.54) is 12.8 Å². The Morgan fingerprint density at radius 3 is 2.32 bits per heavy atom. The summed E-state index contributed by atoms with van der Waals surface area (Å²) < 4.78 is 0. The minimum absolute atomic E-state index is 0.212. The number of carbonyl (C=O) groups is 1. The predicted molar refractivity (Wildman–Crippen MR) is 83.9 cm³/mol. The molecular weight excluding hydrogens is 256 g/mol. The van der Waals surface area contributed by atoms with Crippen LogP contribution in [0.5, 0.6) is 0 Å². The summed E-state index contributed by atoms with van der Waals surface area (Å²) in [7, 11) is 0. The Balaban J connectivity index is 2.23. The fourth-order valence-corrected chi connectivity index (χ4v) is 2.98. The maximum absolute atomic E-state index is 12.0. The first-order valence-corrected chi connectivity index (χ1v) is 7.77. The topological polar surface area (TPSA) is 55.1 Å². The molecule has 0 atom stereocenters. The van der Waals surface area contributed by atoms with E-state index in [0.717, 1.165) is 25.2 Å². The standard InChI is InChI=1S/C15H28N2OS/c1-15(2,3)12-8-6-11(7-9-12)14(18)17-10-4-5-13(16)19/h11-12H,4-10H2,1-3H3,(H2,16,19)(H,17,18). The van der Waals surface area contributed by atoms with E-state index >= 15 is 0 Å². The van der Waals surface area contributed by atoms with E-state index in [1.54, 1.807) is 0 Å². The van der Waals surface area contributed by atoms with Gasteiger partial charge < -0.3 is 11.1 Å². The molecule has 0 heterocycles. The quantitative estimate of drug-likeness (QED) is 0.603. The first kappa shape index (κ1) is 16.4. The van der Waals surface area contributed by atoms with Gasteiger partial charge in [0.25, 0.3) is 0 Å². The monoisotopic (exact) mass is 284 g/mol. The highest BCUT2D eigenvalue weighted by Gasteiger charge is 2.32. The lowest BCUT2D eigenvalue weighted by Gasteiger charge is -2.36. The van der Waals surface area contributed by atoms with Gasteiger partial charge in [0, 0.05) is 12.5 Å². The zero-order valence-electron chi connectivity index (χ0n) is 12.5. The number of rotatable bonds is 5. The van der Waals surface area contributed by atoms with Crippen LogP contribution >= 0.6 is 12.2 Å². The summed E-state index contributed by atoms with van der Waals surface area (Å²) >= 11 is 4.81. The van der Waals surface area contributed by atoms with E-state index < -0.39 is 0 Å². The largest absolute Gasteiger partial charge is 0.393 e. The minimum atomic E-state index is 0.212. The molecule has 0 radical (unpaired) electrons. The molecule has 110 valence electrons. The van der Waals surface area contributed by atoms with Crippen LogP contribution in [0.4, 0.5) is 0 Å². The molecule has 0 aromatic carbocycles. The summed E-state index contributed by atoms with van der Waals surface area (Å²) in [5.41, 5.74) is 5.80. The lowest BCUT2D eigenvalue weighted by Crippen LogP contribution is -2.36. The van der Waals surface area contributed by atoms with Crippen molar-refractivity contribution < 1.29 is 4.79 Å². The van der Waals surface area contributed by atoms with Crippen LogP contribution in [0.25, 0.3) is 0 Å². The van der Waals surface area contributed by atoms with E-state index in [1.807, 2.05) is 0 Å². The van der Waals surface area contributed by atoms with Gasteiger partial charge in [0.05, 0.1) is 4.99 Å². The Kier molecular flexibility index (Phi) is 6.24. The van der Waals surface area contributed by atoms with E-state index in [4.69, 9.17) is 18.0 Å². The molecule has 0 aromatic rings. The first-order valence-electron chi connectivity index (χ1n) is 7.36. The molecule has 0 aromatic heterocycles. The summed E-state index contributed by atoms with van der Waals surface area (Å²) in [6.07, 6.45) is 5.97. The molecule has 1 aliphatic carbocycles. The molecule has 0 bridgehead atoms. The summed E-state index contributed by atoms with van der Waals surface area (Å²) in [6.45, 7) is 7.59. The zero-order valence-corrected chi connectivity index (χ0v) is 13.3. The Morgan fingerprint density at radius 1 is 1.26 bits per heavy atom. The summed E-state index contributed by atoms with van der Waals surface area (Å²) in [5, 5.41) is 3.01. The number of hydrogen-bond acceptors (Lipinski definition) is 2. The third-order valence-electron chi connectivity index (χ3n) is 4.22. The van der Waals surface area contributed by atoms with Crippen LogP contribution in [0.1, 0.15) is 59.3 Å². The molecule has 3 nitrogen and oxygen atoms in total. The second-order valence-corrected chi connectivity index (χ2v) is 7.30. The molecule has 1 amide bonds. The van der Waals surface area contributed by atoms with Gasteiger partial charge in [0.15, 0.2) is 0 Å². The number of carbonyl (C=O) groups excluding carboxylic acids is 1. The highest BCUT2D eigenvalue weighted by atomic mass is 32.1. The molecule has 19 heavy (non-hydrogen) atoms. The molecule has 0 aliphatic heterocycles. The third-order valence-corrected chi connectivity index (χ3v) is 4.43. The number of thiocarbonyl (C=S) groups is 1. The SMILES string of the molecule is CC(C)(C)C1CCC(C(=O)NCCCC(N)=S)CC1. The number of nitrogens with one attached hydrogen (secondary N) is 1. The number of amides is 1. The predicted octanol–water partition coefficient (Wildman–Crippen LogP) is 3.02. The van der Waals surface area contributed by atoms with E-state index in [-0.39, 0.29) is 11.8 Å². The van der Waals surface area contributed by atoms with Crippen LogP contribution in [0, 0.1) is 17.3 Å². The molecule has 1 rings (SSSR count). The Bertz CT molecular complexity index is 315. The van der Waals surface area contributed by atoms with Crippen molar-refractivity contribution in [2.75, 3.05) is 6.54 Å². The van der Waals surface area contributed by atoms with Crippen LogP contribution in [0.2, 0.25) is 0 Å². The molecule has 4 heteroatoms. The van der Waals surface area contributed by atoms with Crippen molar-refractivity contribution in [3.8, 4) is 0 Å². The van der Waals surface area contributed by atoms with Crippen molar-refractivity contribution in [1.29, 1.82) is 0 Å². The van der Waals surface area contributed by atoms with Gasteiger partial charge in [0.1, 0.15) is 0 Å². The van der Waals surface area contributed by atoms with Gasteiger partial charge in [-0.2, -0.15) is 0 Å². The fraction of sp³-hybridized carbons (Fsp3) is 0.867. The number of nitrogens with two attached hydrogens (primary N) is 1. The Hall–Kier alpha value is -0.640. The minimum Gasteiger partial charge on any atom is -0.393 e. The van der Waals surface area contributed by atoms with Crippen LogP contribution < -0.4 is 11.1 Å². The van der Waals surface area contributed by atoms with Crippen molar-refractivity contribution in [2.45, 2.75) is 59.3 Å². The molecule has 0 spiro atoms. The summed E-state index contributed by atoms with van der Waals surface area (Å²) in [6, 6.07) is 0. The normalized spacial score (nSPS) is 23.9. The van der Waals surface area contributed by atoms with Gasteiger partial charge in [-0.3, -0.25) is 4.79 Å². The molecule has 1 aliphatic rings. The maximum Gasteiger partial charge on any atom is 0.223 e. The van der Waals surface area contributed by atoms with Crippen LogP contribution in [0.3, 0.4) is 0 Å². The lowest BCUT2D eigenvalue weighted by atomic mass is 9.69. The van der Waals surface area contributed by atoms with Gasteiger partial charge in [-0.05, 0) is 49.9 Å². The molecule has 3 N–H and O–H groups in total. The maximum atomic E-state index is 12.0. The van der Waals surface area contributed by atoms with E-state index in [2.05, 4.69) is 26.1 Å². The van der Waals surface area contributed by atoms with Crippen molar-refractivity contribution >= 4 is 23.1 Å². The van der Waals surface area contributed by atoms with Gasteiger partial charge in [-0.1, -0.05) is 33.0 Å². The van der Waals surface area contributed by atoms with Crippen LogP contribution in [-0.4, -0.2) is 17.4 Å². The van der Waals surface area contributed by atoms with Crippen molar-refractivity contribution in [2.24, 2.45) is 23.0 Å². The van der Waals surface area contributed by atoms with Gasteiger partial charge in [0.2, 0.25) is 5.91 Å². The highest BCUT2D eigenvalue weighted by molar-refractivity contribution is 7.80. The second-order valence-electron chi connectivity index (χ2n) is 6.78. The highest BCUT2D eigenvalue weighted by Crippen LogP contribution is 2.39. The Morgan fingerprint density at radius 2 is 1.84 bits per heavy atom. The lowest BCUT2D eigenvalue weighted by molar-refractivity contribution is -0.126. The van der Waals surface area contributed by atoms with Gasteiger partial charge >= 0.3 is 0 Å². The van der Waals surface area contributed by atoms with Crippen molar-refractivity contribution in [3.63, 3.8) is 0 Å². The molecule has 0 saturated heterocycles. The van der Waals surface area contributed by atoms with Crippen LogP contribution in [0.15, 0.2) is 0 Å². The first-order chi connectivity index (χ1) is 8.80. The van der Waals surface area contributed by atoms with Crippen molar-refractivity contribution in [1.82, 2.24) is 5.32 Å². The van der Waals surface area contributed by atoms with Crippen LogP contribution in [-0.2, 0) is 4.79 Å². The summed E-state index contributed by atoms with van der Waals surface area (Å²) in [5.74, 6) is 1.19. The average Bonchev–Trinajstić information content (AvgIpc) is 2.33. The van der Waals surface area contributed by atoms with Gasteiger partial charge in [-0.25, -0.2) is 0 Å². The molecule has 0 unspecified atom stereocenters. The fourth-order valence-electron chi connectivity index (χ4n) is 2.84. The average molecular weight is 284 g/mol.